The van der Waals surface area contributed by atoms with Gasteiger partial charge >= 0.3 is 6.03 Å². The van der Waals surface area contributed by atoms with Gasteiger partial charge in [-0.25, -0.2) is 9.48 Å². The van der Waals surface area contributed by atoms with E-state index in [9.17, 15) is 9.59 Å². The molecule has 5 aromatic rings. The number of urea groups is 1. The van der Waals surface area contributed by atoms with Gasteiger partial charge in [-0.2, -0.15) is 0 Å². The number of para-hydroxylation sites is 1. The van der Waals surface area contributed by atoms with Crippen molar-refractivity contribution >= 4 is 17.6 Å². The summed E-state index contributed by atoms with van der Waals surface area (Å²) < 4.78 is 7.54. The van der Waals surface area contributed by atoms with Gasteiger partial charge in [0.05, 0.1) is 19.3 Å². The monoisotopic (exact) mass is 546 g/mol. The molecule has 9 heteroatoms. The lowest BCUT2D eigenvalue weighted by Gasteiger charge is -2.19. The van der Waals surface area contributed by atoms with E-state index in [2.05, 4.69) is 26.3 Å². The van der Waals surface area contributed by atoms with Crippen molar-refractivity contribution in [1.29, 1.82) is 0 Å². The lowest BCUT2D eigenvalue weighted by Crippen LogP contribution is -2.49. The summed E-state index contributed by atoms with van der Waals surface area (Å²) in [5, 5.41) is 16.7. The number of nitrogens with one attached hydrogen (secondary N) is 3. The summed E-state index contributed by atoms with van der Waals surface area (Å²) in [6.07, 6.45) is 2.11. The second-order valence-corrected chi connectivity index (χ2v) is 9.39. The summed E-state index contributed by atoms with van der Waals surface area (Å²) in [5.41, 5.74) is 3.22. The van der Waals surface area contributed by atoms with Crippen molar-refractivity contribution in [1.82, 2.24) is 25.6 Å². The summed E-state index contributed by atoms with van der Waals surface area (Å²) in [4.78, 5) is 26.1. The summed E-state index contributed by atoms with van der Waals surface area (Å²) in [7, 11) is 0. The second-order valence-electron chi connectivity index (χ2n) is 9.39. The second kappa shape index (κ2) is 13.6. The Kier molecular flexibility index (Phi) is 8.98. The van der Waals surface area contributed by atoms with Crippen LogP contribution in [-0.4, -0.2) is 33.0 Å². The Balaban J connectivity index is 1.18. The number of rotatable bonds is 11. The van der Waals surface area contributed by atoms with Gasteiger partial charge in [-0.05, 0) is 47.5 Å². The van der Waals surface area contributed by atoms with Crippen LogP contribution in [0.3, 0.4) is 0 Å². The highest BCUT2D eigenvalue weighted by Gasteiger charge is 2.22. The minimum atomic E-state index is -0.814. The molecule has 4 aromatic carbocycles. The molecule has 0 spiro atoms. The number of aromatic nitrogens is 3. The Labute approximate surface area is 238 Å². The number of hydrogen-bond acceptors (Lipinski definition) is 5. The zero-order valence-corrected chi connectivity index (χ0v) is 22.3. The first-order valence-electron chi connectivity index (χ1n) is 13.3. The summed E-state index contributed by atoms with van der Waals surface area (Å²) in [6.45, 7) is 0.752. The molecule has 3 amide bonds. The van der Waals surface area contributed by atoms with Crippen LogP contribution in [0, 0.1) is 0 Å². The Hall–Kier alpha value is -5.44. The van der Waals surface area contributed by atoms with Gasteiger partial charge in [0, 0.05) is 12.1 Å². The number of hydrogen-bond donors (Lipinski definition) is 3. The molecule has 0 bridgehead atoms. The average Bonchev–Trinajstić information content (AvgIpc) is 3.45. The van der Waals surface area contributed by atoms with Crippen LogP contribution in [0.5, 0.6) is 11.5 Å². The fourth-order valence-corrected chi connectivity index (χ4v) is 4.17. The Morgan fingerprint density at radius 1 is 0.756 bits per heavy atom. The molecule has 5 rings (SSSR count). The van der Waals surface area contributed by atoms with Gasteiger partial charge in [-0.15, -0.1) is 5.10 Å². The van der Waals surface area contributed by atoms with Crippen LogP contribution in [0.15, 0.2) is 121 Å². The van der Waals surface area contributed by atoms with Gasteiger partial charge in [-0.3, -0.25) is 4.79 Å². The van der Waals surface area contributed by atoms with E-state index in [-0.39, 0.29) is 12.5 Å². The first-order valence-corrected chi connectivity index (χ1v) is 13.3. The molecule has 3 N–H and O–H groups in total. The Morgan fingerprint density at radius 2 is 1.37 bits per heavy atom. The Bertz CT molecular complexity index is 1540. The van der Waals surface area contributed by atoms with Crippen molar-refractivity contribution in [2.24, 2.45) is 0 Å². The molecule has 1 atom stereocenters. The van der Waals surface area contributed by atoms with Gasteiger partial charge in [0.1, 0.15) is 23.2 Å². The smallest absolute Gasteiger partial charge is 0.315 e. The van der Waals surface area contributed by atoms with E-state index >= 15 is 0 Å². The normalized spacial score (nSPS) is 11.3. The largest absolute Gasteiger partial charge is 0.457 e. The van der Waals surface area contributed by atoms with Crippen molar-refractivity contribution in [3.05, 3.63) is 138 Å². The fourth-order valence-electron chi connectivity index (χ4n) is 4.17. The van der Waals surface area contributed by atoms with Crippen LogP contribution in [0.2, 0.25) is 0 Å². The molecule has 1 aromatic heterocycles. The fraction of sp³-hybridized carbons (Fsp3) is 0.125. The van der Waals surface area contributed by atoms with Crippen molar-refractivity contribution in [3.63, 3.8) is 0 Å². The topological polar surface area (TPSA) is 110 Å². The molecule has 41 heavy (non-hydrogen) atoms. The highest BCUT2D eigenvalue weighted by molar-refractivity contribution is 5.97. The molecular weight excluding hydrogens is 516 g/mol. The number of amides is 3. The highest BCUT2D eigenvalue weighted by Crippen LogP contribution is 2.22. The van der Waals surface area contributed by atoms with Crippen LogP contribution >= 0.6 is 0 Å². The third kappa shape index (κ3) is 8.27. The van der Waals surface area contributed by atoms with Crippen LogP contribution in [-0.2, 0) is 24.3 Å². The number of benzene rings is 4. The number of nitrogens with zero attached hydrogens (tertiary/aromatic N) is 3. The molecule has 9 nitrogen and oxygen atoms in total. The molecule has 0 aliphatic heterocycles. The zero-order chi connectivity index (χ0) is 28.3. The predicted octanol–water partition coefficient (Wildman–Crippen LogP) is 5.17. The number of carbonyl (C=O) groups is 2. The highest BCUT2D eigenvalue weighted by atomic mass is 16.5. The number of ether oxygens (including phenoxy) is 1. The van der Waals surface area contributed by atoms with Crippen LogP contribution in [0.1, 0.15) is 16.8 Å². The van der Waals surface area contributed by atoms with Crippen LogP contribution < -0.4 is 20.7 Å². The predicted molar refractivity (Wildman–Crippen MR) is 156 cm³/mol. The standard InChI is InChI=1S/C32H30N6O3/c39-31(34-26-16-18-29(19-17-26)41-28-14-8-3-9-15-28)30(20-24-10-4-1-5-11-24)35-32(40)33-21-27-23-38(37-36-27)22-25-12-6-2-7-13-25/h1-19,23,30H,20-22H2,(H,34,39)(H2,33,35,40). The molecule has 1 heterocycles. The van der Waals surface area contributed by atoms with Crippen molar-refractivity contribution in [2.45, 2.75) is 25.6 Å². The Morgan fingerprint density at radius 3 is 2.05 bits per heavy atom. The molecule has 0 fully saturated rings. The van der Waals surface area contributed by atoms with E-state index in [1.165, 1.54) is 0 Å². The summed E-state index contributed by atoms with van der Waals surface area (Å²) in [5.74, 6) is 1.03. The molecule has 0 saturated heterocycles. The van der Waals surface area contributed by atoms with Gasteiger partial charge in [0.25, 0.3) is 0 Å². The van der Waals surface area contributed by atoms with Gasteiger partial charge in [-0.1, -0.05) is 84.1 Å². The van der Waals surface area contributed by atoms with E-state index in [1.54, 1.807) is 35.1 Å². The number of anilines is 1. The minimum absolute atomic E-state index is 0.170. The third-order valence-corrected chi connectivity index (χ3v) is 6.21. The first-order chi connectivity index (χ1) is 20.1. The molecular formula is C32H30N6O3. The SMILES string of the molecule is O=C(NCc1cn(Cc2ccccc2)nn1)NC(Cc1ccccc1)C(=O)Nc1ccc(Oc2ccccc2)cc1. The van der Waals surface area contributed by atoms with Gasteiger partial charge in [0.15, 0.2) is 0 Å². The van der Waals surface area contributed by atoms with E-state index in [1.807, 2.05) is 91.0 Å². The maximum atomic E-state index is 13.3. The maximum Gasteiger partial charge on any atom is 0.315 e. The summed E-state index contributed by atoms with van der Waals surface area (Å²) in [6, 6.07) is 34.7. The molecule has 0 aliphatic carbocycles. The van der Waals surface area contributed by atoms with E-state index < -0.39 is 12.1 Å². The van der Waals surface area contributed by atoms with Crippen molar-refractivity contribution in [3.8, 4) is 11.5 Å². The van der Waals surface area contributed by atoms with Gasteiger partial charge < -0.3 is 20.7 Å². The van der Waals surface area contributed by atoms with E-state index in [0.717, 1.165) is 16.9 Å². The lowest BCUT2D eigenvalue weighted by molar-refractivity contribution is -0.117. The third-order valence-electron chi connectivity index (χ3n) is 6.21. The van der Waals surface area contributed by atoms with E-state index in [0.29, 0.717) is 30.1 Å². The van der Waals surface area contributed by atoms with Gasteiger partial charge in [0.2, 0.25) is 5.91 Å². The van der Waals surface area contributed by atoms with Crippen molar-refractivity contribution in [2.75, 3.05) is 5.32 Å². The quantitative estimate of drug-likeness (QED) is 0.212. The first kappa shape index (κ1) is 27.1. The lowest BCUT2D eigenvalue weighted by atomic mass is 10.1. The zero-order valence-electron chi connectivity index (χ0n) is 22.3. The molecule has 1 unspecified atom stereocenters. The molecule has 0 radical (unpaired) electrons. The average molecular weight is 547 g/mol. The van der Waals surface area contributed by atoms with Crippen molar-refractivity contribution < 1.29 is 14.3 Å². The van der Waals surface area contributed by atoms with Crippen LogP contribution in [0.4, 0.5) is 10.5 Å². The minimum Gasteiger partial charge on any atom is -0.457 e. The number of carbonyl (C=O) groups excluding carboxylic acids is 2. The maximum absolute atomic E-state index is 13.3. The molecule has 0 aliphatic rings. The molecule has 0 saturated carbocycles. The molecule has 206 valence electrons. The van der Waals surface area contributed by atoms with E-state index in [4.69, 9.17) is 4.74 Å². The van der Waals surface area contributed by atoms with Crippen LogP contribution in [0.25, 0.3) is 0 Å². The summed E-state index contributed by atoms with van der Waals surface area (Å²) >= 11 is 0.